The zero-order chi connectivity index (χ0) is 17.5. The predicted octanol–water partition coefficient (Wildman–Crippen LogP) is 2.35. The van der Waals surface area contributed by atoms with Gasteiger partial charge in [0.15, 0.2) is 5.16 Å². The predicted molar refractivity (Wildman–Crippen MR) is 102 cm³/mol. The van der Waals surface area contributed by atoms with Crippen molar-refractivity contribution >= 4 is 29.0 Å². The topological polar surface area (TPSA) is 61.4 Å². The van der Waals surface area contributed by atoms with Gasteiger partial charge in [-0.1, -0.05) is 18.7 Å². The summed E-state index contributed by atoms with van der Waals surface area (Å²) in [6.45, 7) is 7.63. The molecule has 0 spiro atoms. The number of rotatable bonds is 6. The Bertz CT molecular complexity index is 672. The molecule has 1 aliphatic rings. The molecule has 1 aromatic carbocycles. The van der Waals surface area contributed by atoms with E-state index in [2.05, 4.69) is 44.1 Å². The largest absolute Gasteiger partial charge is 0.369 e. The van der Waals surface area contributed by atoms with E-state index >= 15 is 0 Å². The monoisotopic (exact) mass is 357 g/mol. The summed E-state index contributed by atoms with van der Waals surface area (Å²) in [4.78, 5) is 25.1. The summed E-state index contributed by atoms with van der Waals surface area (Å²) < 4.78 is 0. The first kappa shape index (κ1) is 17.7. The van der Waals surface area contributed by atoms with Gasteiger partial charge in [0.1, 0.15) is 0 Å². The lowest BCUT2D eigenvalue weighted by molar-refractivity contribution is -0.113. The fraction of sp³-hybridized carbons (Fsp3) is 0.389. The van der Waals surface area contributed by atoms with Gasteiger partial charge in [0.05, 0.1) is 5.75 Å². The lowest BCUT2D eigenvalue weighted by Gasteiger charge is -2.35. The van der Waals surface area contributed by atoms with Gasteiger partial charge in [-0.3, -0.25) is 4.79 Å². The van der Waals surface area contributed by atoms with Crippen molar-refractivity contribution in [3.8, 4) is 0 Å². The van der Waals surface area contributed by atoms with Gasteiger partial charge in [0.25, 0.3) is 0 Å². The van der Waals surface area contributed by atoms with Crippen molar-refractivity contribution in [1.82, 2.24) is 14.9 Å². The molecule has 3 rings (SSSR count). The summed E-state index contributed by atoms with van der Waals surface area (Å²) >= 11 is 1.33. The lowest BCUT2D eigenvalue weighted by Crippen LogP contribution is -2.46. The van der Waals surface area contributed by atoms with Crippen LogP contribution in [0.2, 0.25) is 0 Å². The van der Waals surface area contributed by atoms with Crippen LogP contribution in [0.5, 0.6) is 0 Å². The van der Waals surface area contributed by atoms with Crippen LogP contribution in [0.25, 0.3) is 0 Å². The number of carbonyl (C=O) groups is 1. The van der Waals surface area contributed by atoms with Gasteiger partial charge in [0, 0.05) is 49.9 Å². The maximum atomic E-state index is 12.0. The first-order valence-corrected chi connectivity index (χ1v) is 9.50. The van der Waals surface area contributed by atoms with E-state index in [0.717, 1.165) is 38.4 Å². The molecule has 1 fully saturated rings. The molecule has 1 aliphatic heterocycles. The Kier molecular flexibility index (Phi) is 6.25. The molecule has 1 aromatic heterocycles. The average Bonchev–Trinajstić information content (AvgIpc) is 2.68. The minimum Gasteiger partial charge on any atom is -0.369 e. The van der Waals surface area contributed by atoms with Crippen LogP contribution >= 0.6 is 11.8 Å². The van der Waals surface area contributed by atoms with E-state index in [-0.39, 0.29) is 5.91 Å². The number of anilines is 2. The number of likely N-dealkylation sites (N-methyl/N-ethyl adjacent to an activating group) is 1. The van der Waals surface area contributed by atoms with Crippen LogP contribution in [0.3, 0.4) is 0 Å². The lowest BCUT2D eigenvalue weighted by atomic mass is 10.2. The summed E-state index contributed by atoms with van der Waals surface area (Å²) in [5.74, 6) is 0.242. The summed E-state index contributed by atoms with van der Waals surface area (Å²) in [5, 5.41) is 3.53. The van der Waals surface area contributed by atoms with Gasteiger partial charge in [-0.2, -0.15) is 0 Å². The number of amides is 1. The zero-order valence-corrected chi connectivity index (χ0v) is 15.2. The zero-order valence-electron chi connectivity index (χ0n) is 14.4. The molecule has 0 aliphatic carbocycles. The molecule has 0 radical (unpaired) electrons. The van der Waals surface area contributed by atoms with E-state index in [1.807, 2.05) is 12.1 Å². The molecule has 0 atom stereocenters. The Morgan fingerprint density at radius 3 is 2.44 bits per heavy atom. The van der Waals surface area contributed by atoms with Crippen LogP contribution in [-0.4, -0.2) is 59.3 Å². The molecule has 1 amide bonds. The van der Waals surface area contributed by atoms with Gasteiger partial charge >= 0.3 is 0 Å². The molecule has 1 N–H and O–H groups in total. The van der Waals surface area contributed by atoms with E-state index in [1.165, 1.54) is 17.4 Å². The quantitative estimate of drug-likeness (QED) is 0.633. The van der Waals surface area contributed by atoms with Gasteiger partial charge in [-0.25, -0.2) is 9.97 Å². The third kappa shape index (κ3) is 5.17. The maximum absolute atomic E-state index is 12.0. The number of carbonyl (C=O) groups excluding carboxylic acids is 1. The Hall–Kier alpha value is -2.12. The fourth-order valence-electron chi connectivity index (χ4n) is 2.76. The van der Waals surface area contributed by atoms with Crippen molar-refractivity contribution < 1.29 is 4.79 Å². The third-order valence-electron chi connectivity index (χ3n) is 4.21. The van der Waals surface area contributed by atoms with Crippen LogP contribution in [-0.2, 0) is 4.79 Å². The minimum absolute atomic E-state index is 0.0539. The Balaban J connectivity index is 1.48. The number of nitrogens with zero attached hydrogens (tertiary/aromatic N) is 4. The third-order valence-corrected chi connectivity index (χ3v) is 5.09. The van der Waals surface area contributed by atoms with Crippen LogP contribution < -0.4 is 10.2 Å². The van der Waals surface area contributed by atoms with E-state index in [9.17, 15) is 4.79 Å². The normalized spacial score (nSPS) is 15.2. The number of thioether (sulfide) groups is 1. The maximum Gasteiger partial charge on any atom is 0.234 e. The Morgan fingerprint density at radius 1 is 1.12 bits per heavy atom. The average molecular weight is 357 g/mol. The van der Waals surface area contributed by atoms with Gasteiger partial charge in [-0.05, 0) is 36.9 Å². The highest BCUT2D eigenvalue weighted by Crippen LogP contribution is 2.20. The molecule has 25 heavy (non-hydrogen) atoms. The van der Waals surface area contributed by atoms with Crippen molar-refractivity contribution in [2.45, 2.75) is 12.1 Å². The number of hydrogen-bond donors (Lipinski definition) is 1. The second-order valence-electron chi connectivity index (χ2n) is 5.84. The Labute approximate surface area is 152 Å². The summed E-state index contributed by atoms with van der Waals surface area (Å²) in [5.41, 5.74) is 2.02. The molecular formula is C18H23N5OS. The molecule has 1 saturated heterocycles. The molecule has 0 saturated carbocycles. The summed E-state index contributed by atoms with van der Waals surface area (Å²) in [6.07, 6.45) is 3.35. The number of aromatic nitrogens is 2. The molecule has 0 bridgehead atoms. The van der Waals surface area contributed by atoms with Crippen LogP contribution in [0.4, 0.5) is 11.4 Å². The molecule has 2 heterocycles. The van der Waals surface area contributed by atoms with Crippen molar-refractivity contribution in [2.75, 3.05) is 48.7 Å². The first-order chi connectivity index (χ1) is 12.2. The standard InChI is InChI=1S/C18H23N5OS/c1-2-22-10-12-23(13-11-22)16-6-4-15(5-7-16)21-17(24)14-25-18-19-8-3-9-20-18/h3-9H,2,10-14H2,1H3,(H,21,24). The van der Waals surface area contributed by atoms with E-state index in [0.29, 0.717) is 10.9 Å². The summed E-state index contributed by atoms with van der Waals surface area (Å²) in [6, 6.07) is 9.83. The highest BCUT2D eigenvalue weighted by Gasteiger charge is 2.15. The van der Waals surface area contributed by atoms with Crippen molar-refractivity contribution in [3.05, 3.63) is 42.7 Å². The molecule has 7 heteroatoms. The van der Waals surface area contributed by atoms with Gasteiger partial charge < -0.3 is 15.1 Å². The van der Waals surface area contributed by atoms with Crippen LogP contribution in [0.15, 0.2) is 47.9 Å². The number of hydrogen-bond acceptors (Lipinski definition) is 6. The fourth-order valence-corrected chi connectivity index (χ4v) is 3.37. The molecule has 2 aromatic rings. The smallest absolute Gasteiger partial charge is 0.234 e. The number of benzene rings is 1. The van der Waals surface area contributed by atoms with Crippen LogP contribution in [0.1, 0.15) is 6.92 Å². The second kappa shape index (κ2) is 8.82. The van der Waals surface area contributed by atoms with Crippen LogP contribution in [0, 0.1) is 0 Å². The van der Waals surface area contributed by atoms with Gasteiger partial charge in [0.2, 0.25) is 5.91 Å². The minimum atomic E-state index is -0.0539. The van der Waals surface area contributed by atoms with E-state index < -0.39 is 0 Å². The highest BCUT2D eigenvalue weighted by atomic mass is 32.2. The van der Waals surface area contributed by atoms with E-state index in [1.54, 1.807) is 18.5 Å². The van der Waals surface area contributed by atoms with Crippen molar-refractivity contribution in [1.29, 1.82) is 0 Å². The summed E-state index contributed by atoms with van der Waals surface area (Å²) in [7, 11) is 0. The molecule has 0 unspecified atom stereocenters. The van der Waals surface area contributed by atoms with Crippen molar-refractivity contribution in [2.24, 2.45) is 0 Å². The van der Waals surface area contributed by atoms with Gasteiger partial charge in [-0.15, -0.1) is 0 Å². The second-order valence-corrected chi connectivity index (χ2v) is 6.78. The van der Waals surface area contributed by atoms with E-state index in [4.69, 9.17) is 0 Å². The Morgan fingerprint density at radius 2 is 1.80 bits per heavy atom. The molecule has 6 nitrogen and oxygen atoms in total. The first-order valence-electron chi connectivity index (χ1n) is 8.51. The number of piperazine rings is 1. The molecular weight excluding hydrogens is 334 g/mol. The van der Waals surface area contributed by atoms with Crippen molar-refractivity contribution in [3.63, 3.8) is 0 Å². The number of nitrogens with one attached hydrogen (secondary N) is 1. The highest BCUT2D eigenvalue weighted by molar-refractivity contribution is 7.99. The SMILES string of the molecule is CCN1CCN(c2ccc(NC(=O)CSc3ncccn3)cc2)CC1. The molecule has 132 valence electrons.